The number of carbonyl (C=O) groups is 1. The Bertz CT molecular complexity index is 1050. The van der Waals surface area contributed by atoms with Crippen LogP contribution in [-0.2, 0) is 27.9 Å². The molecule has 1 unspecified atom stereocenters. The molecule has 0 aromatic heterocycles. The van der Waals surface area contributed by atoms with Gasteiger partial charge in [0.2, 0.25) is 0 Å². The predicted molar refractivity (Wildman–Crippen MR) is 228 cm³/mol. The summed E-state index contributed by atoms with van der Waals surface area (Å²) in [5, 5.41) is 0. The molecule has 0 saturated heterocycles. The number of carbonyl (C=O) groups excluding carboxylic acids is 1. The number of phosphoric acid groups is 1. The van der Waals surface area contributed by atoms with Crippen molar-refractivity contribution in [1.29, 1.82) is 0 Å². The average Bonchev–Trinajstić information content (AvgIpc) is 3.16. The van der Waals surface area contributed by atoms with Crippen LogP contribution in [0.15, 0.2) is 73.1 Å². The first-order valence-corrected chi connectivity index (χ1v) is 23.0. The fraction of sp³-hybridized carbons (Fsp3) is 0.711. The summed E-state index contributed by atoms with van der Waals surface area (Å²) in [7, 11) is -4.31. The third-order valence-corrected chi connectivity index (χ3v) is 9.64. The molecular weight excluding hydrogens is 697 g/mol. The zero-order chi connectivity index (χ0) is 39.5. The van der Waals surface area contributed by atoms with Gasteiger partial charge in [-0.05, 0) is 96.0 Å². The van der Waals surface area contributed by atoms with E-state index < -0.39 is 13.9 Å². The molecule has 0 aliphatic heterocycles. The summed E-state index contributed by atoms with van der Waals surface area (Å²) >= 11 is 0. The quantitative estimate of drug-likeness (QED) is 0.0208. The largest absolute Gasteiger partial charge is 0.498 e. The van der Waals surface area contributed by atoms with Crippen molar-refractivity contribution in [2.45, 2.75) is 180 Å². The average molecular weight is 778 g/mol. The predicted octanol–water partition coefficient (Wildman–Crippen LogP) is 13.1. The fourth-order valence-corrected chi connectivity index (χ4v) is 6.23. The van der Waals surface area contributed by atoms with Gasteiger partial charge < -0.3 is 20.1 Å². The summed E-state index contributed by atoms with van der Waals surface area (Å²) in [6.07, 6.45) is 52.9. The van der Waals surface area contributed by atoms with Gasteiger partial charge in [-0.1, -0.05) is 139 Å². The molecule has 0 amide bonds. The maximum Gasteiger partial charge on any atom is 0.472 e. The van der Waals surface area contributed by atoms with Crippen LogP contribution in [0.3, 0.4) is 0 Å². The second kappa shape index (κ2) is 41.9. The molecule has 0 aliphatic rings. The van der Waals surface area contributed by atoms with Crippen LogP contribution in [0.25, 0.3) is 0 Å². The monoisotopic (exact) mass is 778 g/mol. The van der Waals surface area contributed by atoms with Gasteiger partial charge in [-0.25, -0.2) is 4.57 Å². The van der Waals surface area contributed by atoms with Gasteiger partial charge >= 0.3 is 13.8 Å². The first-order chi connectivity index (χ1) is 26.4. The van der Waals surface area contributed by atoms with Crippen LogP contribution in [0.1, 0.15) is 174 Å². The lowest BCUT2D eigenvalue weighted by Gasteiger charge is -2.19. The van der Waals surface area contributed by atoms with Crippen LogP contribution >= 0.6 is 7.82 Å². The molecule has 2 atom stereocenters. The lowest BCUT2D eigenvalue weighted by molar-refractivity contribution is -0.153. The molecule has 0 fully saturated rings. The highest BCUT2D eigenvalue weighted by atomic mass is 31.2. The number of hydrogen-bond acceptors (Lipinski definition) is 7. The molecule has 54 heavy (non-hydrogen) atoms. The minimum atomic E-state index is -4.31. The SMILES string of the molecule is CCCCC/C=C\C/C=C\C/C=C\C/C=C\CCCCCC(=O)O[C@H](CO/C=C\CCCCCC/C=C\CCCCCCCC)COP(=O)(O)OCCN. The van der Waals surface area contributed by atoms with Gasteiger partial charge in [0.25, 0.3) is 0 Å². The Morgan fingerprint density at radius 1 is 0.574 bits per heavy atom. The molecule has 0 aromatic rings. The minimum absolute atomic E-state index is 0.0102. The number of hydrogen-bond donors (Lipinski definition) is 2. The summed E-state index contributed by atoms with van der Waals surface area (Å²) in [5.74, 6) is -0.387. The molecule has 0 aliphatic carbocycles. The highest BCUT2D eigenvalue weighted by Crippen LogP contribution is 2.43. The lowest BCUT2D eigenvalue weighted by Crippen LogP contribution is -2.27. The summed E-state index contributed by atoms with van der Waals surface area (Å²) in [6, 6.07) is 0. The highest BCUT2D eigenvalue weighted by molar-refractivity contribution is 7.47. The van der Waals surface area contributed by atoms with Crippen molar-refractivity contribution in [1.82, 2.24) is 0 Å². The molecule has 0 rings (SSSR count). The third kappa shape index (κ3) is 41.0. The maximum absolute atomic E-state index is 12.6. The van der Waals surface area contributed by atoms with Gasteiger partial charge in [0.15, 0.2) is 6.10 Å². The number of esters is 1. The van der Waals surface area contributed by atoms with E-state index in [1.165, 1.54) is 89.9 Å². The van der Waals surface area contributed by atoms with Crippen molar-refractivity contribution in [2.24, 2.45) is 5.73 Å². The van der Waals surface area contributed by atoms with Gasteiger partial charge in [0.05, 0.1) is 19.5 Å². The number of rotatable bonds is 40. The molecule has 0 radical (unpaired) electrons. The van der Waals surface area contributed by atoms with E-state index in [2.05, 4.69) is 74.6 Å². The Kier molecular flexibility index (Phi) is 40.2. The summed E-state index contributed by atoms with van der Waals surface area (Å²) in [5.41, 5.74) is 5.36. The van der Waals surface area contributed by atoms with E-state index in [1.54, 1.807) is 6.26 Å². The van der Waals surface area contributed by atoms with Crippen LogP contribution < -0.4 is 5.73 Å². The molecule has 0 bridgehead atoms. The van der Waals surface area contributed by atoms with Crippen LogP contribution in [-0.4, -0.2) is 43.3 Å². The topological polar surface area (TPSA) is 117 Å². The Morgan fingerprint density at radius 3 is 1.54 bits per heavy atom. The normalized spacial score (nSPS) is 14.1. The number of nitrogens with two attached hydrogens (primary N) is 1. The van der Waals surface area contributed by atoms with E-state index in [4.69, 9.17) is 24.3 Å². The zero-order valence-corrected chi connectivity index (χ0v) is 35.3. The third-order valence-electron chi connectivity index (χ3n) is 8.66. The Hall–Kier alpha value is -2.22. The summed E-state index contributed by atoms with van der Waals surface area (Å²) in [4.78, 5) is 22.4. The van der Waals surface area contributed by atoms with Crippen LogP contribution in [0.5, 0.6) is 0 Å². The van der Waals surface area contributed by atoms with Crippen molar-refractivity contribution in [3.63, 3.8) is 0 Å². The molecule has 0 heterocycles. The summed E-state index contributed by atoms with van der Waals surface area (Å²) < 4.78 is 33.1. The van der Waals surface area contributed by atoms with Crippen molar-refractivity contribution in [2.75, 3.05) is 26.4 Å². The highest BCUT2D eigenvalue weighted by Gasteiger charge is 2.25. The Labute approximate surface area is 331 Å². The van der Waals surface area contributed by atoms with Gasteiger partial charge in [0.1, 0.15) is 6.61 Å². The van der Waals surface area contributed by atoms with Crippen LogP contribution in [0.2, 0.25) is 0 Å². The van der Waals surface area contributed by atoms with Crippen LogP contribution in [0.4, 0.5) is 0 Å². The minimum Gasteiger partial charge on any atom is -0.498 e. The molecule has 8 nitrogen and oxygen atoms in total. The molecule has 0 spiro atoms. The first-order valence-electron chi connectivity index (χ1n) is 21.5. The number of unbranched alkanes of at least 4 members (excludes halogenated alkanes) is 17. The van der Waals surface area contributed by atoms with E-state index in [1.807, 2.05) is 6.08 Å². The lowest BCUT2D eigenvalue weighted by atomic mass is 10.1. The molecule has 9 heteroatoms. The van der Waals surface area contributed by atoms with Gasteiger partial charge in [-0.3, -0.25) is 13.8 Å². The molecule has 3 N–H and O–H groups in total. The first kappa shape index (κ1) is 51.8. The van der Waals surface area contributed by atoms with Crippen molar-refractivity contribution >= 4 is 13.8 Å². The van der Waals surface area contributed by atoms with E-state index in [0.29, 0.717) is 6.42 Å². The van der Waals surface area contributed by atoms with E-state index >= 15 is 0 Å². The number of phosphoric ester groups is 1. The zero-order valence-electron chi connectivity index (χ0n) is 34.4. The fourth-order valence-electron chi connectivity index (χ4n) is 5.47. The van der Waals surface area contributed by atoms with E-state index in [-0.39, 0.29) is 38.8 Å². The standard InChI is InChI=1S/C45H80NO7P/c1-3-5-7-9-11-13-15-17-19-21-22-23-24-26-28-30-32-34-36-38-45(47)53-44(43-52-54(48,49)51-41-39-46)42-50-40-37-35-33-31-29-27-25-20-18-16-14-12-10-8-6-4-2/h11,13,17-20,22-23,26,28,37,40,44H,3-10,12,14-16,21,24-25,27,29-36,38-39,41-43,46H2,1-2H3,(H,48,49)/b13-11-,19-17-,20-18-,23-22-,28-26-,40-37-/t44-/m1/s1. The van der Waals surface area contributed by atoms with Gasteiger partial charge in [0, 0.05) is 13.0 Å². The van der Waals surface area contributed by atoms with E-state index in [0.717, 1.165) is 57.8 Å². The second-order valence-corrected chi connectivity index (χ2v) is 15.4. The van der Waals surface area contributed by atoms with Crippen molar-refractivity contribution in [3.05, 3.63) is 73.1 Å². The molecule has 312 valence electrons. The smallest absolute Gasteiger partial charge is 0.472 e. The number of allylic oxidation sites excluding steroid dienone is 11. The maximum atomic E-state index is 12.6. The molecule has 0 saturated carbocycles. The van der Waals surface area contributed by atoms with Crippen LogP contribution in [0, 0.1) is 0 Å². The molecular formula is C45H80NO7P. The second-order valence-electron chi connectivity index (χ2n) is 13.9. The summed E-state index contributed by atoms with van der Waals surface area (Å²) in [6.45, 7) is 4.14. The molecule has 0 aromatic carbocycles. The Balaban J connectivity index is 4.20. The number of ether oxygens (including phenoxy) is 2. The van der Waals surface area contributed by atoms with Gasteiger partial charge in [-0.15, -0.1) is 0 Å². The van der Waals surface area contributed by atoms with Crippen molar-refractivity contribution in [3.8, 4) is 0 Å². The Morgan fingerprint density at radius 2 is 1.00 bits per heavy atom. The van der Waals surface area contributed by atoms with E-state index in [9.17, 15) is 14.3 Å². The van der Waals surface area contributed by atoms with Crippen molar-refractivity contribution < 1.29 is 32.8 Å². The van der Waals surface area contributed by atoms with Gasteiger partial charge in [-0.2, -0.15) is 0 Å².